The van der Waals surface area contributed by atoms with E-state index in [1.54, 1.807) is 36.0 Å². The van der Waals surface area contributed by atoms with Crippen molar-refractivity contribution in [1.29, 1.82) is 0 Å². The van der Waals surface area contributed by atoms with Gasteiger partial charge in [-0.25, -0.2) is 4.79 Å². The molecule has 0 aliphatic carbocycles. The van der Waals surface area contributed by atoms with Crippen LogP contribution in [0.3, 0.4) is 0 Å². The van der Waals surface area contributed by atoms with Gasteiger partial charge >= 0.3 is 6.03 Å². The van der Waals surface area contributed by atoms with Crippen molar-refractivity contribution in [3.63, 3.8) is 0 Å². The smallest absolute Gasteiger partial charge is 0.319 e. The van der Waals surface area contributed by atoms with Crippen LogP contribution in [0.25, 0.3) is 0 Å². The first-order chi connectivity index (χ1) is 12.0. The zero-order valence-electron chi connectivity index (χ0n) is 13.8. The maximum Gasteiger partial charge on any atom is 0.319 e. The number of aromatic nitrogens is 2. The van der Waals surface area contributed by atoms with Crippen LogP contribution >= 0.6 is 0 Å². The summed E-state index contributed by atoms with van der Waals surface area (Å²) >= 11 is 0. The molecule has 1 atom stereocenters. The molecule has 1 aromatic carbocycles. The Morgan fingerprint density at radius 3 is 2.92 bits per heavy atom. The molecule has 3 aromatic rings. The average molecular weight is 340 g/mol. The van der Waals surface area contributed by atoms with Crippen LogP contribution in [0, 0.1) is 0 Å². The minimum atomic E-state index is -1.28. The van der Waals surface area contributed by atoms with Crippen LogP contribution in [0.2, 0.25) is 0 Å². The molecule has 3 N–H and O–H groups in total. The number of benzene rings is 1. The Kier molecular flexibility index (Phi) is 4.85. The second-order valence-electron chi connectivity index (χ2n) is 5.96. The largest absolute Gasteiger partial charge is 0.466 e. The number of nitrogens with zero attached hydrogens (tertiary/aromatic N) is 2. The molecule has 130 valence electrons. The number of carbonyl (C=O) groups is 1. The topological polar surface area (TPSA) is 92.3 Å². The Bertz CT molecular complexity index is 811. The van der Waals surface area contributed by atoms with Crippen molar-refractivity contribution in [2.45, 2.75) is 19.1 Å². The maximum atomic E-state index is 12.1. The number of hydrogen-bond donors (Lipinski definition) is 3. The monoisotopic (exact) mass is 340 g/mol. The molecule has 0 bridgehead atoms. The standard InChI is InChI=1S/C18H20N4O3/c1-18(24,16-7-3-10-25-16)13-19-17(23)21-15-6-2-5-14(11-15)12-22-9-4-8-20-22/h2-11,24H,12-13H2,1H3,(H2,19,21,23). The maximum absolute atomic E-state index is 12.1. The first-order valence-corrected chi connectivity index (χ1v) is 7.90. The van der Waals surface area contributed by atoms with E-state index in [1.807, 2.05) is 30.5 Å². The number of anilines is 1. The summed E-state index contributed by atoms with van der Waals surface area (Å²) in [6, 6.07) is 12.3. The van der Waals surface area contributed by atoms with Gasteiger partial charge in [0.15, 0.2) is 0 Å². The fourth-order valence-corrected chi connectivity index (χ4v) is 2.43. The predicted molar refractivity (Wildman–Crippen MR) is 93.1 cm³/mol. The van der Waals surface area contributed by atoms with Crippen LogP contribution in [0.4, 0.5) is 10.5 Å². The molecule has 0 aliphatic heterocycles. The van der Waals surface area contributed by atoms with Gasteiger partial charge in [-0.2, -0.15) is 5.10 Å². The van der Waals surface area contributed by atoms with Crippen LogP contribution in [-0.2, 0) is 12.1 Å². The number of hydrogen-bond acceptors (Lipinski definition) is 4. The Morgan fingerprint density at radius 1 is 1.32 bits per heavy atom. The van der Waals surface area contributed by atoms with Crippen LogP contribution in [0.15, 0.2) is 65.5 Å². The summed E-state index contributed by atoms with van der Waals surface area (Å²) in [5.74, 6) is 0.397. The van der Waals surface area contributed by atoms with Crippen molar-refractivity contribution < 1.29 is 14.3 Å². The summed E-state index contributed by atoms with van der Waals surface area (Å²) in [5, 5.41) is 19.9. The van der Waals surface area contributed by atoms with Gasteiger partial charge in [0.1, 0.15) is 11.4 Å². The summed E-state index contributed by atoms with van der Waals surface area (Å²) < 4.78 is 6.99. The Balaban J connectivity index is 1.56. The lowest BCUT2D eigenvalue weighted by atomic mass is 10.0. The van der Waals surface area contributed by atoms with Crippen LogP contribution in [0.5, 0.6) is 0 Å². The van der Waals surface area contributed by atoms with Gasteiger partial charge in [-0.3, -0.25) is 4.68 Å². The normalized spacial score (nSPS) is 13.2. The zero-order chi connectivity index (χ0) is 17.7. The van der Waals surface area contributed by atoms with E-state index in [0.717, 1.165) is 5.56 Å². The molecule has 7 heteroatoms. The Hall–Kier alpha value is -3.06. The number of aliphatic hydroxyl groups is 1. The number of furan rings is 1. The van der Waals surface area contributed by atoms with Gasteiger partial charge in [-0.05, 0) is 42.8 Å². The van der Waals surface area contributed by atoms with E-state index in [2.05, 4.69) is 15.7 Å². The molecule has 0 aliphatic rings. The molecule has 2 aromatic heterocycles. The molecule has 0 saturated heterocycles. The lowest BCUT2D eigenvalue weighted by Crippen LogP contribution is -2.40. The quantitative estimate of drug-likeness (QED) is 0.643. The molecule has 0 radical (unpaired) electrons. The first-order valence-electron chi connectivity index (χ1n) is 7.90. The SMILES string of the molecule is CC(O)(CNC(=O)Nc1cccc(Cn2cccn2)c1)c1ccco1. The highest BCUT2D eigenvalue weighted by Gasteiger charge is 2.26. The molecule has 0 spiro atoms. The van der Waals surface area contributed by atoms with Gasteiger partial charge in [0.2, 0.25) is 0 Å². The molecule has 25 heavy (non-hydrogen) atoms. The van der Waals surface area contributed by atoms with Gasteiger partial charge in [0, 0.05) is 18.1 Å². The number of nitrogens with one attached hydrogen (secondary N) is 2. The lowest BCUT2D eigenvalue weighted by Gasteiger charge is -2.21. The second-order valence-corrected chi connectivity index (χ2v) is 5.96. The highest BCUT2D eigenvalue weighted by molar-refractivity contribution is 5.89. The predicted octanol–water partition coefficient (Wildman–Crippen LogP) is 2.55. The third-order valence-electron chi connectivity index (χ3n) is 3.73. The minimum absolute atomic E-state index is 0.0271. The van der Waals surface area contributed by atoms with E-state index in [-0.39, 0.29) is 6.54 Å². The van der Waals surface area contributed by atoms with E-state index in [4.69, 9.17) is 4.42 Å². The number of carbonyl (C=O) groups excluding carboxylic acids is 1. The Labute approximate surface area is 145 Å². The van der Waals surface area contributed by atoms with Gasteiger partial charge in [0.25, 0.3) is 0 Å². The summed E-state index contributed by atoms with van der Waals surface area (Å²) in [7, 11) is 0. The van der Waals surface area contributed by atoms with Crippen molar-refractivity contribution in [3.8, 4) is 0 Å². The van der Waals surface area contributed by atoms with Gasteiger partial charge in [-0.1, -0.05) is 12.1 Å². The minimum Gasteiger partial charge on any atom is -0.466 e. The number of amides is 2. The van der Waals surface area contributed by atoms with E-state index >= 15 is 0 Å². The van der Waals surface area contributed by atoms with Crippen LogP contribution in [-0.4, -0.2) is 27.5 Å². The fraction of sp³-hybridized carbons (Fsp3) is 0.222. The van der Waals surface area contributed by atoms with Crippen LogP contribution < -0.4 is 10.6 Å². The average Bonchev–Trinajstić information content (AvgIpc) is 3.27. The van der Waals surface area contributed by atoms with Crippen molar-refractivity contribution >= 4 is 11.7 Å². The van der Waals surface area contributed by atoms with Crippen molar-refractivity contribution in [2.24, 2.45) is 0 Å². The van der Waals surface area contributed by atoms with Crippen molar-refractivity contribution in [1.82, 2.24) is 15.1 Å². The van der Waals surface area contributed by atoms with Crippen molar-refractivity contribution in [2.75, 3.05) is 11.9 Å². The molecular weight excluding hydrogens is 320 g/mol. The van der Waals surface area contributed by atoms with Gasteiger partial charge in [-0.15, -0.1) is 0 Å². The lowest BCUT2D eigenvalue weighted by molar-refractivity contribution is 0.0372. The van der Waals surface area contributed by atoms with E-state index in [1.165, 1.54) is 6.26 Å². The molecule has 3 rings (SSSR count). The molecule has 1 unspecified atom stereocenters. The molecule has 2 heterocycles. The Morgan fingerprint density at radius 2 is 2.20 bits per heavy atom. The summed E-state index contributed by atoms with van der Waals surface area (Å²) in [5.41, 5.74) is 0.409. The molecule has 0 fully saturated rings. The molecule has 0 saturated carbocycles. The third-order valence-corrected chi connectivity index (χ3v) is 3.73. The summed E-state index contributed by atoms with van der Waals surface area (Å²) in [6.07, 6.45) is 5.08. The van der Waals surface area contributed by atoms with Crippen LogP contribution in [0.1, 0.15) is 18.2 Å². The highest BCUT2D eigenvalue weighted by atomic mass is 16.4. The molecular formula is C18H20N4O3. The van der Waals surface area contributed by atoms with E-state index in [0.29, 0.717) is 18.0 Å². The third kappa shape index (κ3) is 4.48. The summed E-state index contributed by atoms with van der Waals surface area (Å²) in [4.78, 5) is 12.1. The van der Waals surface area contributed by atoms with Gasteiger partial charge < -0.3 is 20.2 Å². The second kappa shape index (κ2) is 7.23. The van der Waals surface area contributed by atoms with E-state index < -0.39 is 11.6 Å². The highest BCUT2D eigenvalue weighted by Crippen LogP contribution is 2.19. The zero-order valence-corrected chi connectivity index (χ0v) is 13.8. The number of urea groups is 1. The fourth-order valence-electron chi connectivity index (χ4n) is 2.43. The first kappa shape index (κ1) is 16.8. The van der Waals surface area contributed by atoms with Crippen molar-refractivity contribution in [3.05, 3.63) is 72.4 Å². The van der Waals surface area contributed by atoms with Gasteiger partial charge in [0.05, 0.1) is 19.4 Å². The molecule has 2 amide bonds. The summed E-state index contributed by atoms with van der Waals surface area (Å²) in [6.45, 7) is 2.23. The van der Waals surface area contributed by atoms with E-state index in [9.17, 15) is 9.90 Å². The molecule has 7 nitrogen and oxygen atoms in total. The number of rotatable bonds is 6.